The molecule has 0 bridgehead atoms. The van der Waals surface area contributed by atoms with Crippen molar-refractivity contribution in [2.24, 2.45) is 0 Å². The Labute approximate surface area is 112 Å². The van der Waals surface area contributed by atoms with Crippen molar-refractivity contribution in [3.8, 4) is 12.3 Å². The van der Waals surface area contributed by atoms with Crippen LogP contribution in [0.3, 0.4) is 0 Å². The van der Waals surface area contributed by atoms with Gasteiger partial charge in [-0.25, -0.2) is 0 Å². The van der Waals surface area contributed by atoms with Crippen LogP contribution in [0.4, 0.5) is 0 Å². The fourth-order valence-electron chi connectivity index (χ4n) is 1.51. The SMILES string of the molecule is C#CC1=C(C)[C@H](O[Si](C)(C)C(C)(C)C)CSC1. The zero-order chi connectivity index (χ0) is 13.3. The van der Waals surface area contributed by atoms with Crippen molar-refractivity contribution in [2.75, 3.05) is 11.5 Å². The molecule has 1 rings (SSSR count). The second-order valence-corrected chi connectivity index (χ2v) is 12.0. The van der Waals surface area contributed by atoms with Crippen molar-refractivity contribution in [2.45, 2.75) is 51.9 Å². The first kappa shape index (κ1) is 14.9. The Bertz CT molecular complexity index is 357. The average Bonchev–Trinajstić information content (AvgIpc) is 2.19. The highest BCUT2D eigenvalue weighted by Crippen LogP contribution is 2.39. The Hall–Kier alpha value is -0.173. The summed E-state index contributed by atoms with van der Waals surface area (Å²) in [4.78, 5) is 0. The molecular weight excluding hydrogens is 244 g/mol. The quantitative estimate of drug-likeness (QED) is 0.551. The molecule has 0 unspecified atom stereocenters. The molecule has 1 aliphatic heterocycles. The molecule has 0 fully saturated rings. The fraction of sp³-hybridized carbons (Fsp3) is 0.714. The normalized spacial score (nSPS) is 22.5. The molecule has 0 spiro atoms. The maximum Gasteiger partial charge on any atom is 0.192 e. The van der Waals surface area contributed by atoms with Gasteiger partial charge in [0.1, 0.15) is 0 Å². The first-order valence-electron chi connectivity index (χ1n) is 6.11. The lowest BCUT2D eigenvalue weighted by Gasteiger charge is -2.40. The van der Waals surface area contributed by atoms with Gasteiger partial charge in [-0.2, -0.15) is 11.8 Å². The lowest BCUT2D eigenvalue weighted by atomic mass is 10.1. The summed E-state index contributed by atoms with van der Waals surface area (Å²) in [6, 6.07) is 0. The predicted octanol–water partition coefficient (Wildman–Crippen LogP) is 4.07. The molecule has 17 heavy (non-hydrogen) atoms. The molecule has 0 radical (unpaired) electrons. The van der Waals surface area contributed by atoms with Crippen LogP contribution in [0.1, 0.15) is 27.7 Å². The third-order valence-corrected chi connectivity index (χ3v) is 9.41. The minimum absolute atomic E-state index is 0.223. The van der Waals surface area contributed by atoms with Crippen LogP contribution in [0.5, 0.6) is 0 Å². The van der Waals surface area contributed by atoms with Crippen molar-refractivity contribution in [3.63, 3.8) is 0 Å². The first-order chi connectivity index (χ1) is 7.69. The summed E-state index contributed by atoms with van der Waals surface area (Å²) in [6.07, 6.45) is 5.76. The van der Waals surface area contributed by atoms with Gasteiger partial charge in [-0.1, -0.05) is 26.7 Å². The summed E-state index contributed by atoms with van der Waals surface area (Å²) in [7, 11) is -1.69. The van der Waals surface area contributed by atoms with Gasteiger partial charge in [0.15, 0.2) is 8.32 Å². The van der Waals surface area contributed by atoms with E-state index in [1.165, 1.54) is 5.57 Å². The van der Waals surface area contributed by atoms with Crippen LogP contribution in [0.15, 0.2) is 11.1 Å². The second kappa shape index (κ2) is 5.22. The minimum atomic E-state index is -1.69. The van der Waals surface area contributed by atoms with E-state index in [9.17, 15) is 0 Å². The smallest absolute Gasteiger partial charge is 0.192 e. The molecule has 0 aliphatic carbocycles. The van der Waals surface area contributed by atoms with Crippen LogP contribution >= 0.6 is 11.8 Å². The van der Waals surface area contributed by atoms with Crippen LogP contribution in [0.2, 0.25) is 18.1 Å². The van der Waals surface area contributed by atoms with E-state index >= 15 is 0 Å². The van der Waals surface area contributed by atoms with Gasteiger partial charge in [0.05, 0.1) is 6.10 Å². The average molecular weight is 268 g/mol. The molecule has 1 nitrogen and oxygen atoms in total. The monoisotopic (exact) mass is 268 g/mol. The van der Waals surface area contributed by atoms with E-state index in [0.29, 0.717) is 0 Å². The molecular formula is C14H24OSSi. The fourth-order valence-corrected chi connectivity index (χ4v) is 4.12. The highest BCUT2D eigenvalue weighted by Gasteiger charge is 2.40. The van der Waals surface area contributed by atoms with Gasteiger partial charge in [-0.05, 0) is 30.6 Å². The predicted molar refractivity (Wildman–Crippen MR) is 80.9 cm³/mol. The standard InChI is InChI=1S/C14H24OSSi/c1-8-12-9-16-10-13(11(12)2)15-17(6,7)14(3,4)5/h1,13H,9-10H2,2-7H3/t13-/m1/s1. The molecule has 0 aromatic rings. The molecule has 0 saturated heterocycles. The van der Waals surface area contributed by atoms with E-state index in [-0.39, 0.29) is 11.1 Å². The van der Waals surface area contributed by atoms with E-state index in [0.717, 1.165) is 17.1 Å². The molecule has 96 valence electrons. The van der Waals surface area contributed by atoms with Gasteiger partial charge in [0.2, 0.25) is 0 Å². The maximum absolute atomic E-state index is 6.45. The lowest BCUT2D eigenvalue weighted by molar-refractivity contribution is 0.234. The third kappa shape index (κ3) is 3.40. The zero-order valence-corrected chi connectivity index (χ0v) is 13.7. The Morgan fingerprint density at radius 2 is 2.00 bits per heavy atom. The largest absolute Gasteiger partial charge is 0.409 e. The molecule has 1 heterocycles. The Morgan fingerprint density at radius 1 is 1.41 bits per heavy atom. The van der Waals surface area contributed by atoms with E-state index in [2.05, 4.69) is 46.7 Å². The molecule has 3 heteroatoms. The maximum atomic E-state index is 6.45. The van der Waals surface area contributed by atoms with Gasteiger partial charge in [0, 0.05) is 17.1 Å². The van der Waals surface area contributed by atoms with E-state index in [4.69, 9.17) is 10.8 Å². The highest BCUT2D eigenvalue weighted by molar-refractivity contribution is 7.99. The summed E-state index contributed by atoms with van der Waals surface area (Å²) < 4.78 is 6.45. The summed E-state index contributed by atoms with van der Waals surface area (Å²) >= 11 is 1.89. The van der Waals surface area contributed by atoms with E-state index in [1.54, 1.807) is 0 Å². The van der Waals surface area contributed by atoms with Gasteiger partial charge in [-0.15, -0.1) is 6.42 Å². The molecule has 0 amide bonds. The van der Waals surface area contributed by atoms with Crippen LogP contribution in [0, 0.1) is 12.3 Å². The first-order valence-corrected chi connectivity index (χ1v) is 10.2. The molecule has 1 aliphatic rings. The van der Waals surface area contributed by atoms with Crippen LogP contribution in [0.25, 0.3) is 0 Å². The van der Waals surface area contributed by atoms with Gasteiger partial charge >= 0.3 is 0 Å². The van der Waals surface area contributed by atoms with Crippen molar-refractivity contribution >= 4 is 20.1 Å². The van der Waals surface area contributed by atoms with Gasteiger partial charge < -0.3 is 4.43 Å². The van der Waals surface area contributed by atoms with Crippen molar-refractivity contribution in [3.05, 3.63) is 11.1 Å². The van der Waals surface area contributed by atoms with Gasteiger partial charge in [0.25, 0.3) is 0 Å². The molecule has 0 aromatic carbocycles. The van der Waals surface area contributed by atoms with Crippen molar-refractivity contribution in [1.82, 2.24) is 0 Å². The number of hydrogen-bond acceptors (Lipinski definition) is 2. The lowest BCUT2D eigenvalue weighted by Crippen LogP contribution is -2.45. The Morgan fingerprint density at radius 3 is 2.47 bits per heavy atom. The van der Waals surface area contributed by atoms with Crippen LogP contribution < -0.4 is 0 Å². The minimum Gasteiger partial charge on any atom is -0.409 e. The third-order valence-electron chi connectivity index (χ3n) is 3.89. The topological polar surface area (TPSA) is 9.23 Å². The van der Waals surface area contributed by atoms with Crippen LogP contribution in [-0.2, 0) is 4.43 Å². The van der Waals surface area contributed by atoms with Gasteiger partial charge in [-0.3, -0.25) is 0 Å². The molecule has 1 atom stereocenters. The number of hydrogen-bond donors (Lipinski definition) is 0. The van der Waals surface area contributed by atoms with Crippen molar-refractivity contribution < 1.29 is 4.43 Å². The summed E-state index contributed by atoms with van der Waals surface area (Å²) in [5.41, 5.74) is 2.40. The Kier molecular flexibility index (Phi) is 4.57. The molecule has 0 saturated carbocycles. The van der Waals surface area contributed by atoms with E-state index in [1.807, 2.05) is 11.8 Å². The zero-order valence-electron chi connectivity index (χ0n) is 11.9. The Balaban J connectivity index is 2.87. The summed E-state index contributed by atoms with van der Waals surface area (Å²) in [5, 5.41) is 0.256. The summed E-state index contributed by atoms with van der Waals surface area (Å²) in [5.74, 6) is 4.82. The number of rotatable bonds is 2. The highest BCUT2D eigenvalue weighted by atomic mass is 32.2. The van der Waals surface area contributed by atoms with E-state index < -0.39 is 8.32 Å². The number of thioether (sulfide) groups is 1. The van der Waals surface area contributed by atoms with Crippen molar-refractivity contribution in [1.29, 1.82) is 0 Å². The molecule has 0 N–H and O–H groups in total. The van der Waals surface area contributed by atoms with Crippen LogP contribution in [-0.4, -0.2) is 25.9 Å². The number of terminal acetylenes is 1. The molecule has 0 aromatic heterocycles. The summed E-state index contributed by atoms with van der Waals surface area (Å²) in [6.45, 7) is 13.6. The second-order valence-electron chi connectivity index (χ2n) is 6.19.